The van der Waals surface area contributed by atoms with Gasteiger partial charge < -0.3 is 20.5 Å². The topological polar surface area (TPSA) is 86.5 Å². The van der Waals surface area contributed by atoms with E-state index in [0.717, 1.165) is 55.0 Å². The summed E-state index contributed by atoms with van der Waals surface area (Å²) in [5, 5.41) is 5.45. The van der Waals surface area contributed by atoms with Crippen molar-refractivity contribution < 1.29 is 14.3 Å². The molecule has 0 aliphatic heterocycles. The lowest BCUT2D eigenvalue weighted by Crippen LogP contribution is -2.48. The summed E-state index contributed by atoms with van der Waals surface area (Å²) in [5.74, 6) is 1.08. The SMILES string of the molecule is CO[C@@H]1CC[C@H](C(=O)NC2CCC(Oc3cccc4cnccc34)CC2)C[C@H]1N. The highest BCUT2D eigenvalue weighted by Crippen LogP contribution is 2.30. The largest absolute Gasteiger partial charge is 0.490 e. The molecule has 1 heterocycles. The summed E-state index contributed by atoms with van der Waals surface area (Å²) >= 11 is 0. The minimum atomic E-state index is -0.0514. The number of carbonyl (C=O) groups excluding carboxylic acids is 1. The van der Waals surface area contributed by atoms with Gasteiger partial charge in [-0.05, 0) is 57.1 Å². The van der Waals surface area contributed by atoms with Gasteiger partial charge in [-0.25, -0.2) is 0 Å². The number of nitrogens with zero attached hydrogens (tertiary/aromatic N) is 1. The van der Waals surface area contributed by atoms with E-state index in [1.807, 2.05) is 30.5 Å². The summed E-state index contributed by atoms with van der Waals surface area (Å²) in [4.78, 5) is 16.9. The van der Waals surface area contributed by atoms with E-state index < -0.39 is 0 Å². The number of nitrogens with two attached hydrogens (primary N) is 1. The van der Waals surface area contributed by atoms with Crippen LogP contribution in [-0.2, 0) is 9.53 Å². The molecule has 4 rings (SSSR count). The van der Waals surface area contributed by atoms with Gasteiger partial charge in [-0.1, -0.05) is 12.1 Å². The van der Waals surface area contributed by atoms with Gasteiger partial charge in [0.05, 0.1) is 12.2 Å². The lowest BCUT2D eigenvalue weighted by Gasteiger charge is -2.34. The molecule has 3 atom stereocenters. The number of methoxy groups -OCH3 is 1. The van der Waals surface area contributed by atoms with Crippen molar-refractivity contribution >= 4 is 16.7 Å². The van der Waals surface area contributed by atoms with E-state index in [1.54, 1.807) is 13.3 Å². The van der Waals surface area contributed by atoms with E-state index in [-0.39, 0.29) is 36.1 Å². The summed E-state index contributed by atoms with van der Waals surface area (Å²) in [7, 11) is 1.70. The molecule has 156 valence electrons. The number of aromatic nitrogens is 1. The zero-order valence-electron chi connectivity index (χ0n) is 17.0. The van der Waals surface area contributed by atoms with Crippen LogP contribution >= 0.6 is 0 Å². The van der Waals surface area contributed by atoms with Crippen molar-refractivity contribution in [1.82, 2.24) is 10.3 Å². The van der Waals surface area contributed by atoms with Crippen molar-refractivity contribution in [2.24, 2.45) is 11.7 Å². The van der Waals surface area contributed by atoms with Gasteiger partial charge in [0.1, 0.15) is 5.75 Å². The van der Waals surface area contributed by atoms with E-state index >= 15 is 0 Å². The predicted octanol–water partition coefficient (Wildman–Crippen LogP) is 3.18. The van der Waals surface area contributed by atoms with Crippen LogP contribution in [-0.4, -0.2) is 42.3 Å². The van der Waals surface area contributed by atoms with E-state index in [2.05, 4.69) is 10.3 Å². The number of rotatable bonds is 5. The fourth-order valence-corrected chi connectivity index (χ4v) is 4.73. The highest BCUT2D eigenvalue weighted by molar-refractivity contribution is 5.87. The number of hydrogen-bond donors (Lipinski definition) is 2. The Kier molecular flexibility index (Phi) is 6.31. The summed E-state index contributed by atoms with van der Waals surface area (Å²) in [6, 6.07) is 8.26. The maximum Gasteiger partial charge on any atom is 0.223 e. The third-order valence-corrected chi connectivity index (χ3v) is 6.46. The van der Waals surface area contributed by atoms with Crippen LogP contribution in [0, 0.1) is 5.92 Å². The van der Waals surface area contributed by atoms with Crippen molar-refractivity contribution in [3.05, 3.63) is 36.7 Å². The van der Waals surface area contributed by atoms with Crippen molar-refractivity contribution in [3.8, 4) is 5.75 Å². The van der Waals surface area contributed by atoms with Crippen molar-refractivity contribution in [2.75, 3.05) is 7.11 Å². The van der Waals surface area contributed by atoms with Gasteiger partial charge in [-0.3, -0.25) is 9.78 Å². The van der Waals surface area contributed by atoms with Crippen LogP contribution in [0.2, 0.25) is 0 Å². The van der Waals surface area contributed by atoms with Gasteiger partial charge in [0.15, 0.2) is 0 Å². The van der Waals surface area contributed by atoms with Crippen molar-refractivity contribution in [1.29, 1.82) is 0 Å². The Morgan fingerprint density at radius 2 is 1.97 bits per heavy atom. The van der Waals surface area contributed by atoms with Gasteiger partial charge in [-0.2, -0.15) is 0 Å². The molecule has 0 unspecified atom stereocenters. The molecule has 2 saturated carbocycles. The minimum absolute atomic E-state index is 0.00895. The Bertz CT molecular complexity index is 830. The molecule has 1 amide bonds. The molecule has 0 radical (unpaired) electrons. The number of fused-ring (bicyclic) bond motifs is 1. The van der Waals surface area contributed by atoms with Crippen molar-refractivity contribution in [3.63, 3.8) is 0 Å². The maximum absolute atomic E-state index is 12.7. The van der Waals surface area contributed by atoms with Crippen LogP contribution in [0.25, 0.3) is 10.8 Å². The third-order valence-electron chi connectivity index (χ3n) is 6.46. The molecule has 6 nitrogen and oxygen atoms in total. The van der Waals surface area contributed by atoms with E-state index in [4.69, 9.17) is 15.2 Å². The normalized spacial score (nSPS) is 30.1. The number of amides is 1. The number of carbonyl (C=O) groups is 1. The average molecular weight is 398 g/mol. The van der Waals surface area contributed by atoms with Gasteiger partial charge in [0.2, 0.25) is 5.91 Å². The molecular formula is C23H31N3O3. The molecule has 0 saturated heterocycles. The third kappa shape index (κ3) is 4.70. The zero-order chi connectivity index (χ0) is 20.2. The van der Waals surface area contributed by atoms with Crippen LogP contribution in [0.4, 0.5) is 0 Å². The number of ether oxygens (including phenoxy) is 2. The smallest absolute Gasteiger partial charge is 0.223 e. The zero-order valence-corrected chi connectivity index (χ0v) is 17.0. The van der Waals surface area contributed by atoms with Crippen LogP contribution in [0.15, 0.2) is 36.7 Å². The highest BCUT2D eigenvalue weighted by Gasteiger charge is 2.33. The lowest BCUT2D eigenvalue weighted by molar-refractivity contribution is -0.128. The highest BCUT2D eigenvalue weighted by atomic mass is 16.5. The molecule has 0 spiro atoms. The Morgan fingerprint density at radius 1 is 1.14 bits per heavy atom. The monoisotopic (exact) mass is 397 g/mol. The van der Waals surface area contributed by atoms with Crippen LogP contribution in [0.1, 0.15) is 44.9 Å². The number of benzene rings is 1. The predicted molar refractivity (Wildman–Crippen MR) is 113 cm³/mol. The molecule has 3 N–H and O–H groups in total. The molecular weight excluding hydrogens is 366 g/mol. The summed E-state index contributed by atoms with van der Waals surface area (Å²) in [6.45, 7) is 0. The van der Waals surface area contributed by atoms with Gasteiger partial charge in [-0.15, -0.1) is 0 Å². The summed E-state index contributed by atoms with van der Waals surface area (Å²) in [5.41, 5.74) is 6.16. The number of hydrogen-bond acceptors (Lipinski definition) is 5. The fourth-order valence-electron chi connectivity index (χ4n) is 4.73. The molecule has 2 aliphatic carbocycles. The van der Waals surface area contributed by atoms with Gasteiger partial charge >= 0.3 is 0 Å². The first-order chi connectivity index (χ1) is 14.1. The Labute approximate surface area is 172 Å². The van der Waals surface area contributed by atoms with Crippen LogP contribution in [0.3, 0.4) is 0 Å². The second kappa shape index (κ2) is 9.09. The minimum Gasteiger partial charge on any atom is -0.490 e. The second-order valence-corrected chi connectivity index (χ2v) is 8.40. The Balaban J connectivity index is 1.27. The lowest BCUT2D eigenvalue weighted by atomic mass is 9.83. The molecule has 1 aromatic carbocycles. The second-order valence-electron chi connectivity index (χ2n) is 8.40. The molecule has 0 bridgehead atoms. The summed E-state index contributed by atoms with van der Waals surface area (Å²) < 4.78 is 11.7. The fraction of sp³-hybridized carbons (Fsp3) is 0.565. The quantitative estimate of drug-likeness (QED) is 0.809. The van der Waals surface area contributed by atoms with E-state index in [0.29, 0.717) is 6.42 Å². The maximum atomic E-state index is 12.7. The molecule has 2 aliphatic rings. The first-order valence-corrected chi connectivity index (χ1v) is 10.7. The standard InChI is InChI=1S/C23H31N3O3/c1-28-22-10-5-15(13-20(22)24)23(27)26-17-6-8-18(9-7-17)29-21-4-2-3-16-14-25-12-11-19(16)21/h2-4,11-12,14-15,17-18,20,22H,5-10,13,24H2,1H3,(H,26,27)/t15-,17?,18?,20+,22+/m0/s1. The van der Waals surface area contributed by atoms with Crippen LogP contribution < -0.4 is 15.8 Å². The number of pyridine rings is 1. The van der Waals surface area contributed by atoms with E-state index in [1.165, 1.54) is 0 Å². The van der Waals surface area contributed by atoms with E-state index in [9.17, 15) is 4.79 Å². The Morgan fingerprint density at radius 3 is 2.72 bits per heavy atom. The molecule has 6 heteroatoms. The molecule has 1 aromatic heterocycles. The summed E-state index contributed by atoms with van der Waals surface area (Å²) in [6.07, 6.45) is 10.1. The first-order valence-electron chi connectivity index (χ1n) is 10.7. The average Bonchev–Trinajstić information content (AvgIpc) is 2.75. The molecule has 2 aromatic rings. The van der Waals surface area contributed by atoms with Gasteiger partial charge in [0, 0.05) is 48.3 Å². The first kappa shape index (κ1) is 20.1. The molecule has 2 fully saturated rings. The van der Waals surface area contributed by atoms with Crippen LogP contribution in [0.5, 0.6) is 5.75 Å². The van der Waals surface area contributed by atoms with Gasteiger partial charge in [0.25, 0.3) is 0 Å². The van der Waals surface area contributed by atoms with Crippen molar-refractivity contribution in [2.45, 2.75) is 69.2 Å². The Hall–Kier alpha value is -2.18. The number of nitrogens with one attached hydrogen (secondary N) is 1. The molecule has 29 heavy (non-hydrogen) atoms.